The molecule has 0 radical (unpaired) electrons. The minimum absolute atomic E-state index is 0.0283. The van der Waals surface area contributed by atoms with E-state index in [-0.39, 0.29) is 17.4 Å². The number of carbonyl (C=O) groups excluding carboxylic acids is 1. The maximum absolute atomic E-state index is 12.0. The number of nitrogens with one attached hydrogen (secondary N) is 2. The Hall–Kier alpha value is -0.610. The number of piperidine rings is 1. The molecule has 1 aliphatic rings. The largest absolute Gasteiger partial charge is 0.354 e. The highest BCUT2D eigenvalue weighted by atomic mass is 16.1. The minimum Gasteiger partial charge on any atom is -0.354 e. The third kappa shape index (κ3) is 5.06. The van der Waals surface area contributed by atoms with Gasteiger partial charge in [-0.15, -0.1) is 0 Å². The second kappa shape index (κ2) is 7.99. The first kappa shape index (κ1) is 17.4. The SMILES string of the molecule is CCC1CCCN(C(C)(C)CNC(=O)C(C)CNC)C1. The van der Waals surface area contributed by atoms with E-state index in [0.29, 0.717) is 0 Å². The average Bonchev–Trinajstić information content (AvgIpc) is 2.45. The molecular formula is C16H33N3O. The lowest BCUT2D eigenvalue weighted by Gasteiger charge is -2.43. The lowest BCUT2D eigenvalue weighted by atomic mass is 9.91. The van der Waals surface area contributed by atoms with Gasteiger partial charge in [-0.1, -0.05) is 20.3 Å². The van der Waals surface area contributed by atoms with Crippen LogP contribution in [0.4, 0.5) is 0 Å². The summed E-state index contributed by atoms with van der Waals surface area (Å²) in [6, 6.07) is 0. The van der Waals surface area contributed by atoms with E-state index in [9.17, 15) is 4.79 Å². The van der Waals surface area contributed by atoms with Crippen LogP contribution in [0.5, 0.6) is 0 Å². The number of hydrogen-bond donors (Lipinski definition) is 2. The average molecular weight is 283 g/mol. The van der Waals surface area contributed by atoms with Crippen molar-refractivity contribution >= 4 is 5.91 Å². The molecule has 1 rings (SSSR count). The fourth-order valence-corrected chi connectivity index (χ4v) is 2.94. The van der Waals surface area contributed by atoms with Crippen molar-refractivity contribution in [2.24, 2.45) is 11.8 Å². The van der Waals surface area contributed by atoms with Gasteiger partial charge >= 0.3 is 0 Å². The van der Waals surface area contributed by atoms with Crippen molar-refractivity contribution in [3.05, 3.63) is 0 Å². The molecule has 0 aliphatic carbocycles. The van der Waals surface area contributed by atoms with Crippen molar-refractivity contribution in [2.45, 2.75) is 52.5 Å². The molecule has 1 fully saturated rings. The Labute approximate surface area is 124 Å². The lowest BCUT2D eigenvalue weighted by Crippen LogP contribution is -2.55. The second-order valence-corrected chi connectivity index (χ2v) is 6.85. The Kier molecular flexibility index (Phi) is 6.96. The predicted octanol–water partition coefficient (Wildman–Crippen LogP) is 1.86. The highest BCUT2D eigenvalue weighted by Crippen LogP contribution is 2.25. The van der Waals surface area contributed by atoms with Crippen LogP contribution in [0.25, 0.3) is 0 Å². The normalized spacial score (nSPS) is 22.6. The fourth-order valence-electron chi connectivity index (χ4n) is 2.94. The molecule has 0 aromatic rings. The zero-order chi connectivity index (χ0) is 15.2. The molecule has 2 N–H and O–H groups in total. The first-order valence-corrected chi connectivity index (χ1v) is 8.08. The number of hydrogen-bond acceptors (Lipinski definition) is 3. The molecule has 1 aliphatic heterocycles. The molecule has 20 heavy (non-hydrogen) atoms. The van der Waals surface area contributed by atoms with Gasteiger partial charge < -0.3 is 10.6 Å². The van der Waals surface area contributed by atoms with Gasteiger partial charge in [-0.3, -0.25) is 9.69 Å². The minimum atomic E-state index is 0.0283. The Morgan fingerprint density at radius 1 is 1.45 bits per heavy atom. The van der Waals surface area contributed by atoms with Crippen LogP contribution >= 0.6 is 0 Å². The van der Waals surface area contributed by atoms with E-state index in [1.165, 1.54) is 25.8 Å². The lowest BCUT2D eigenvalue weighted by molar-refractivity contribution is -0.125. The van der Waals surface area contributed by atoms with E-state index < -0.39 is 0 Å². The van der Waals surface area contributed by atoms with Crippen molar-refractivity contribution in [2.75, 3.05) is 33.2 Å². The van der Waals surface area contributed by atoms with Gasteiger partial charge in [0.25, 0.3) is 0 Å². The topological polar surface area (TPSA) is 44.4 Å². The number of carbonyl (C=O) groups is 1. The number of amides is 1. The van der Waals surface area contributed by atoms with E-state index in [4.69, 9.17) is 0 Å². The van der Waals surface area contributed by atoms with Gasteiger partial charge in [-0.05, 0) is 46.2 Å². The summed E-state index contributed by atoms with van der Waals surface area (Å²) in [5.41, 5.74) is 0.0445. The van der Waals surface area contributed by atoms with Gasteiger partial charge in [0, 0.05) is 31.1 Å². The predicted molar refractivity (Wildman–Crippen MR) is 84.8 cm³/mol. The second-order valence-electron chi connectivity index (χ2n) is 6.85. The maximum atomic E-state index is 12.0. The van der Waals surface area contributed by atoms with Gasteiger partial charge in [-0.25, -0.2) is 0 Å². The van der Waals surface area contributed by atoms with Crippen LogP contribution in [-0.2, 0) is 4.79 Å². The Bertz CT molecular complexity index is 304. The summed E-state index contributed by atoms with van der Waals surface area (Å²) in [6.45, 7) is 12.5. The number of likely N-dealkylation sites (tertiary alicyclic amines) is 1. The van der Waals surface area contributed by atoms with E-state index in [0.717, 1.165) is 25.6 Å². The molecule has 1 amide bonds. The Balaban J connectivity index is 2.46. The molecule has 2 atom stereocenters. The van der Waals surface area contributed by atoms with E-state index in [1.54, 1.807) is 0 Å². The van der Waals surface area contributed by atoms with E-state index in [2.05, 4.69) is 36.3 Å². The van der Waals surface area contributed by atoms with Crippen LogP contribution in [0.3, 0.4) is 0 Å². The molecule has 4 nitrogen and oxygen atoms in total. The quantitative estimate of drug-likeness (QED) is 0.749. The van der Waals surface area contributed by atoms with Gasteiger partial charge in [0.1, 0.15) is 0 Å². The summed E-state index contributed by atoms with van der Waals surface area (Å²) in [5.74, 6) is 0.999. The molecule has 0 bridgehead atoms. The van der Waals surface area contributed by atoms with Crippen molar-refractivity contribution < 1.29 is 4.79 Å². The van der Waals surface area contributed by atoms with Crippen LogP contribution in [0.1, 0.15) is 47.0 Å². The monoisotopic (exact) mass is 283 g/mol. The molecule has 118 valence electrons. The first-order chi connectivity index (χ1) is 9.40. The standard InChI is InChI=1S/C16H33N3O/c1-6-14-8-7-9-19(11-14)16(3,4)12-18-15(20)13(2)10-17-5/h13-14,17H,6-12H2,1-5H3,(H,18,20). The summed E-state index contributed by atoms with van der Waals surface area (Å²) in [5, 5.41) is 6.17. The van der Waals surface area contributed by atoms with Crippen LogP contribution in [0.15, 0.2) is 0 Å². The van der Waals surface area contributed by atoms with Gasteiger partial charge in [0.05, 0.1) is 0 Å². The van der Waals surface area contributed by atoms with Crippen molar-refractivity contribution in [3.8, 4) is 0 Å². The molecule has 0 saturated carbocycles. The molecule has 1 heterocycles. The molecule has 2 unspecified atom stereocenters. The number of rotatable bonds is 7. The molecule has 0 aromatic heterocycles. The summed E-state index contributed by atoms with van der Waals surface area (Å²) in [6.07, 6.45) is 3.90. The zero-order valence-corrected chi connectivity index (χ0v) is 14.0. The highest BCUT2D eigenvalue weighted by molar-refractivity contribution is 5.78. The molecular weight excluding hydrogens is 250 g/mol. The van der Waals surface area contributed by atoms with E-state index in [1.807, 2.05) is 14.0 Å². The van der Waals surface area contributed by atoms with Gasteiger partial charge in [0.2, 0.25) is 5.91 Å². The molecule has 1 saturated heterocycles. The maximum Gasteiger partial charge on any atom is 0.224 e. The van der Waals surface area contributed by atoms with Gasteiger partial charge in [-0.2, -0.15) is 0 Å². The van der Waals surface area contributed by atoms with Crippen LogP contribution in [0.2, 0.25) is 0 Å². The third-order valence-electron chi connectivity index (χ3n) is 4.61. The number of nitrogens with zero attached hydrogens (tertiary/aromatic N) is 1. The third-order valence-corrected chi connectivity index (χ3v) is 4.61. The smallest absolute Gasteiger partial charge is 0.224 e. The Morgan fingerprint density at radius 2 is 2.15 bits per heavy atom. The summed E-state index contributed by atoms with van der Waals surface area (Å²) in [4.78, 5) is 14.6. The Morgan fingerprint density at radius 3 is 2.75 bits per heavy atom. The zero-order valence-electron chi connectivity index (χ0n) is 14.0. The van der Waals surface area contributed by atoms with Gasteiger partial charge in [0.15, 0.2) is 0 Å². The molecule has 0 spiro atoms. The highest BCUT2D eigenvalue weighted by Gasteiger charge is 2.31. The van der Waals surface area contributed by atoms with Crippen molar-refractivity contribution in [1.29, 1.82) is 0 Å². The summed E-state index contributed by atoms with van der Waals surface area (Å²) < 4.78 is 0. The fraction of sp³-hybridized carbons (Fsp3) is 0.938. The summed E-state index contributed by atoms with van der Waals surface area (Å²) in [7, 11) is 1.88. The van der Waals surface area contributed by atoms with E-state index >= 15 is 0 Å². The molecule has 4 heteroatoms. The summed E-state index contributed by atoms with van der Waals surface area (Å²) >= 11 is 0. The van der Waals surface area contributed by atoms with Crippen LogP contribution in [-0.4, -0.2) is 49.6 Å². The van der Waals surface area contributed by atoms with Crippen LogP contribution in [0, 0.1) is 11.8 Å². The molecule has 0 aromatic carbocycles. The van der Waals surface area contributed by atoms with Crippen molar-refractivity contribution in [1.82, 2.24) is 15.5 Å². The van der Waals surface area contributed by atoms with Crippen LogP contribution < -0.4 is 10.6 Å². The van der Waals surface area contributed by atoms with Crippen molar-refractivity contribution in [3.63, 3.8) is 0 Å². The first-order valence-electron chi connectivity index (χ1n) is 8.08.